The number of thioether (sulfide) groups is 1. The van der Waals surface area contributed by atoms with Crippen LogP contribution in [0.2, 0.25) is 0 Å². The molecule has 0 unspecified atom stereocenters. The molecule has 9 heteroatoms. The molecule has 2 saturated heterocycles. The van der Waals surface area contributed by atoms with Gasteiger partial charge in [-0.25, -0.2) is 0 Å². The smallest absolute Gasteiger partial charge is 0.294 e. The van der Waals surface area contributed by atoms with Crippen LogP contribution in [0.4, 0.5) is 4.79 Å². The molecular formula is C19H21BrN2O5S. The number of carbonyl (C=O) groups is 3. The number of benzene rings is 1. The van der Waals surface area contributed by atoms with E-state index < -0.39 is 11.1 Å². The van der Waals surface area contributed by atoms with E-state index in [2.05, 4.69) is 15.9 Å². The van der Waals surface area contributed by atoms with Crippen molar-refractivity contribution < 1.29 is 23.9 Å². The number of halogens is 1. The summed E-state index contributed by atoms with van der Waals surface area (Å²) in [6.45, 7) is 3.52. The second-order valence-electron chi connectivity index (χ2n) is 6.32. The lowest BCUT2D eigenvalue weighted by atomic mass is 10.2. The number of likely N-dealkylation sites (tertiary alicyclic amines) is 1. The summed E-state index contributed by atoms with van der Waals surface area (Å²) < 4.78 is 11.6. The van der Waals surface area contributed by atoms with E-state index in [9.17, 15) is 14.4 Å². The molecule has 3 rings (SSSR count). The highest BCUT2D eigenvalue weighted by Crippen LogP contribution is 2.39. The Labute approximate surface area is 176 Å². The second-order valence-corrected chi connectivity index (χ2v) is 8.17. The molecule has 2 fully saturated rings. The minimum absolute atomic E-state index is 0.188. The van der Waals surface area contributed by atoms with Crippen LogP contribution in [0.15, 0.2) is 21.5 Å². The molecule has 28 heavy (non-hydrogen) atoms. The van der Waals surface area contributed by atoms with Gasteiger partial charge in [-0.2, -0.15) is 0 Å². The van der Waals surface area contributed by atoms with Crippen molar-refractivity contribution in [1.82, 2.24) is 9.80 Å². The van der Waals surface area contributed by atoms with E-state index in [0.717, 1.165) is 29.5 Å². The van der Waals surface area contributed by atoms with E-state index in [4.69, 9.17) is 9.47 Å². The number of hydrogen-bond acceptors (Lipinski definition) is 6. The SMILES string of the molecule is CCOc1c(Br)cc(C=C2SC(=O)N(CC(=O)N3CCCC3)C2=O)cc1OC. The van der Waals surface area contributed by atoms with E-state index in [1.54, 1.807) is 23.1 Å². The Balaban J connectivity index is 1.79. The average Bonchev–Trinajstić information content (AvgIpc) is 3.29. The lowest BCUT2D eigenvalue weighted by Crippen LogP contribution is -2.40. The number of carbonyl (C=O) groups excluding carboxylic acids is 3. The maximum Gasteiger partial charge on any atom is 0.294 e. The Bertz CT molecular complexity index is 836. The van der Waals surface area contributed by atoms with Crippen molar-refractivity contribution in [3.63, 3.8) is 0 Å². The fraction of sp³-hybridized carbons (Fsp3) is 0.421. The van der Waals surface area contributed by atoms with Crippen LogP contribution in [0.25, 0.3) is 6.08 Å². The van der Waals surface area contributed by atoms with E-state index in [1.165, 1.54) is 7.11 Å². The van der Waals surface area contributed by atoms with Crippen LogP contribution in [-0.2, 0) is 9.59 Å². The molecular weight excluding hydrogens is 448 g/mol. The van der Waals surface area contributed by atoms with Crippen LogP contribution in [0, 0.1) is 0 Å². The second kappa shape index (κ2) is 9.00. The van der Waals surface area contributed by atoms with Gasteiger partial charge in [0.2, 0.25) is 5.91 Å². The molecule has 0 spiro atoms. The van der Waals surface area contributed by atoms with Gasteiger partial charge >= 0.3 is 0 Å². The molecule has 0 aromatic heterocycles. The van der Waals surface area contributed by atoms with Gasteiger partial charge in [-0.1, -0.05) is 0 Å². The highest BCUT2D eigenvalue weighted by molar-refractivity contribution is 9.10. The molecule has 3 amide bonds. The Morgan fingerprint density at radius 1 is 1.29 bits per heavy atom. The van der Waals surface area contributed by atoms with Gasteiger partial charge in [0.25, 0.3) is 11.1 Å². The third kappa shape index (κ3) is 4.35. The Morgan fingerprint density at radius 2 is 2.00 bits per heavy atom. The summed E-state index contributed by atoms with van der Waals surface area (Å²) in [5.74, 6) is 0.454. The minimum atomic E-state index is -0.452. The summed E-state index contributed by atoms with van der Waals surface area (Å²) in [5.41, 5.74) is 0.684. The van der Waals surface area contributed by atoms with Crippen LogP contribution < -0.4 is 9.47 Å². The number of methoxy groups -OCH3 is 1. The third-order valence-corrected chi connectivity index (χ3v) is 5.96. The normalized spacial score (nSPS) is 18.3. The van der Waals surface area contributed by atoms with Gasteiger partial charge in [0.1, 0.15) is 6.54 Å². The largest absolute Gasteiger partial charge is 0.493 e. The summed E-state index contributed by atoms with van der Waals surface area (Å²) in [5, 5.41) is -0.430. The van der Waals surface area contributed by atoms with Gasteiger partial charge in [-0.15, -0.1) is 0 Å². The number of rotatable bonds is 6. The summed E-state index contributed by atoms with van der Waals surface area (Å²) in [4.78, 5) is 40.2. The molecule has 1 aromatic carbocycles. The highest BCUT2D eigenvalue weighted by atomic mass is 79.9. The zero-order valence-corrected chi connectivity index (χ0v) is 18.1. The topological polar surface area (TPSA) is 76.2 Å². The molecule has 1 aromatic rings. The first kappa shape index (κ1) is 20.7. The van der Waals surface area contributed by atoms with Crippen molar-refractivity contribution >= 4 is 50.8 Å². The van der Waals surface area contributed by atoms with E-state index in [-0.39, 0.29) is 17.4 Å². The standard InChI is InChI=1S/C19H21BrN2O5S/c1-3-27-17-13(20)8-12(9-14(17)26-2)10-15-18(24)22(19(25)28-15)11-16(23)21-6-4-5-7-21/h8-10H,3-7,11H2,1-2H3. The Morgan fingerprint density at radius 3 is 2.64 bits per heavy atom. The van der Waals surface area contributed by atoms with Crippen molar-refractivity contribution in [2.75, 3.05) is 33.4 Å². The quantitative estimate of drug-likeness (QED) is 0.594. The summed E-state index contributed by atoms with van der Waals surface area (Å²) >= 11 is 4.28. The predicted molar refractivity (Wildman–Crippen MR) is 110 cm³/mol. The molecule has 2 aliphatic heterocycles. The van der Waals surface area contributed by atoms with Gasteiger partial charge in [-0.05, 0) is 71.2 Å². The molecule has 0 N–H and O–H groups in total. The lowest BCUT2D eigenvalue weighted by molar-refractivity contribution is -0.135. The van der Waals surface area contributed by atoms with Crippen LogP contribution in [0.1, 0.15) is 25.3 Å². The number of amides is 3. The molecule has 0 atom stereocenters. The number of nitrogens with zero attached hydrogens (tertiary/aromatic N) is 2. The van der Waals surface area contributed by atoms with Crippen molar-refractivity contribution in [2.24, 2.45) is 0 Å². The monoisotopic (exact) mass is 468 g/mol. The van der Waals surface area contributed by atoms with E-state index in [1.807, 2.05) is 6.92 Å². The van der Waals surface area contributed by atoms with Gasteiger partial charge < -0.3 is 14.4 Å². The fourth-order valence-corrected chi connectivity index (χ4v) is 4.51. The van der Waals surface area contributed by atoms with Crippen molar-refractivity contribution in [2.45, 2.75) is 19.8 Å². The van der Waals surface area contributed by atoms with Gasteiger partial charge in [0.05, 0.1) is 23.1 Å². The molecule has 2 heterocycles. The van der Waals surface area contributed by atoms with Crippen molar-refractivity contribution in [3.8, 4) is 11.5 Å². The molecule has 0 radical (unpaired) electrons. The zero-order chi connectivity index (χ0) is 20.3. The first-order chi connectivity index (χ1) is 13.4. The zero-order valence-electron chi connectivity index (χ0n) is 15.7. The minimum Gasteiger partial charge on any atom is -0.493 e. The van der Waals surface area contributed by atoms with Gasteiger partial charge in [0, 0.05) is 13.1 Å². The first-order valence-electron chi connectivity index (χ1n) is 8.98. The molecule has 150 valence electrons. The van der Waals surface area contributed by atoms with Crippen LogP contribution >= 0.6 is 27.7 Å². The van der Waals surface area contributed by atoms with Crippen LogP contribution in [0.3, 0.4) is 0 Å². The molecule has 0 aliphatic carbocycles. The molecule has 0 saturated carbocycles. The van der Waals surface area contributed by atoms with Crippen molar-refractivity contribution in [1.29, 1.82) is 0 Å². The Hall–Kier alpha value is -2.00. The molecule has 2 aliphatic rings. The fourth-order valence-electron chi connectivity index (χ4n) is 3.10. The summed E-state index contributed by atoms with van der Waals surface area (Å²) in [7, 11) is 1.53. The van der Waals surface area contributed by atoms with Gasteiger partial charge in [-0.3, -0.25) is 19.3 Å². The third-order valence-electron chi connectivity index (χ3n) is 4.46. The average molecular weight is 469 g/mol. The number of hydrogen-bond donors (Lipinski definition) is 0. The Kier molecular flexibility index (Phi) is 6.66. The molecule has 7 nitrogen and oxygen atoms in total. The summed E-state index contributed by atoms with van der Waals surface area (Å²) in [6.07, 6.45) is 3.54. The molecule has 0 bridgehead atoms. The number of imide groups is 1. The van der Waals surface area contributed by atoms with Gasteiger partial charge in [0.15, 0.2) is 11.5 Å². The maximum atomic E-state index is 12.7. The number of ether oxygens (including phenoxy) is 2. The van der Waals surface area contributed by atoms with Crippen LogP contribution in [0.5, 0.6) is 11.5 Å². The summed E-state index contributed by atoms with van der Waals surface area (Å²) in [6, 6.07) is 3.52. The van der Waals surface area contributed by atoms with E-state index >= 15 is 0 Å². The maximum absolute atomic E-state index is 12.7. The highest BCUT2D eigenvalue weighted by Gasteiger charge is 2.37. The van der Waals surface area contributed by atoms with E-state index in [0.29, 0.717) is 41.2 Å². The first-order valence-corrected chi connectivity index (χ1v) is 10.6. The van der Waals surface area contributed by atoms with Crippen molar-refractivity contribution in [3.05, 3.63) is 27.1 Å². The lowest BCUT2D eigenvalue weighted by Gasteiger charge is -2.18. The predicted octanol–water partition coefficient (Wildman–Crippen LogP) is 3.52. The van der Waals surface area contributed by atoms with Crippen LogP contribution in [-0.4, -0.2) is 60.2 Å².